The van der Waals surface area contributed by atoms with Crippen LogP contribution in [-0.4, -0.2) is 54.3 Å². The molecule has 0 spiro atoms. The molecular weight excluding hydrogens is 706 g/mol. The maximum absolute atomic E-state index is 12.4. The smallest absolute Gasteiger partial charge is 0.380 e. The quantitative estimate of drug-likeness (QED) is 0.0348. The molecule has 0 fully saturated rings. The van der Waals surface area contributed by atoms with Gasteiger partial charge in [-0.05, 0) is 84.0 Å². The van der Waals surface area contributed by atoms with Gasteiger partial charge in [-0.2, -0.15) is 23.5 Å². The number of carbonyl (C=O) groups excluding carboxylic acids is 2. The Morgan fingerprint density at radius 2 is 0.875 bits per heavy atom. The predicted octanol–water partition coefficient (Wildman–Crippen LogP) is 13.7. The van der Waals surface area contributed by atoms with E-state index in [0.717, 1.165) is 38.5 Å². The summed E-state index contributed by atoms with van der Waals surface area (Å²) < 4.78 is 27.4. The van der Waals surface area contributed by atoms with Crippen LogP contribution in [0.3, 0.4) is 0 Å². The molecule has 0 amide bonds. The minimum Gasteiger partial charge on any atom is -0.462 e. The molecular formula is C37H71Cl2O6PS2. The predicted molar refractivity (Wildman–Crippen MR) is 212 cm³/mol. The van der Waals surface area contributed by atoms with Gasteiger partial charge < -0.3 is 14.0 Å². The van der Waals surface area contributed by atoms with Crippen LogP contribution < -0.4 is 0 Å². The number of hydrogen-bond donors (Lipinski definition) is 0. The maximum atomic E-state index is 12.4. The topological polar surface area (TPSA) is 78.9 Å². The van der Waals surface area contributed by atoms with Crippen molar-refractivity contribution >= 4 is 64.0 Å². The largest absolute Gasteiger partial charge is 0.462 e. The lowest BCUT2D eigenvalue weighted by Crippen LogP contribution is -2.29. The van der Waals surface area contributed by atoms with Crippen LogP contribution in [0.5, 0.6) is 0 Å². The summed E-state index contributed by atoms with van der Waals surface area (Å²) in [5, 5.41) is 0. The van der Waals surface area contributed by atoms with Crippen molar-refractivity contribution in [3.8, 4) is 0 Å². The van der Waals surface area contributed by atoms with E-state index in [2.05, 4.69) is 37.4 Å². The first-order chi connectivity index (χ1) is 23.3. The van der Waals surface area contributed by atoms with E-state index in [0.29, 0.717) is 6.42 Å². The lowest BCUT2D eigenvalue weighted by molar-refractivity contribution is -0.161. The lowest BCUT2D eigenvalue weighted by Gasteiger charge is -2.18. The highest BCUT2D eigenvalue weighted by Crippen LogP contribution is 2.57. The van der Waals surface area contributed by atoms with Gasteiger partial charge in [-0.25, -0.2) is 0 Å². The molecule has 0 aliphatic rings. The highest BCUT2D eigenvalue weighted by Gasteiger charge is 2.23. The molecule has 0 heterocycles. The van der Waals surface area contributed by atoms with Crippen molar-refractivity contribution in [3.05, 3.63) is 0 Å². The molecule has 0 aromatic heterocycles. The van der Waals surface area contributed by atoms with E-state index in [1.54, 1.807) is 0 Å². The fourth-order valence-corrected chi connectivity index (χ4v) is 8.04. The third kappa shape index (κ3) is 39.2. The average molecular weight is 778 g/mol. The van der Waals surface area contributed by atoms with E-state index in [1.165, 1.54) is 139 Å². The third-order valence-corrected chi connectivity index (χ3v) is 11.6. The maximum Gasteiger partial charge on any atom is 0.380 e. The van der Waals surface area contributed by atoms with E-state index in [1.807, 2.05) is 0 Å². The van der Waals surface area contributed by atoms with E-state index in [4.69, 9.17) is 36.5 Å². The van der Waals surface area contributed by atoms with Gasteiger partial charge in [-0.15, -0.1) is 0 Å². The van der Waals surface area contributed by atoms with Crippen molar-refractivity contribution in [2.45, 2.75) is 187 Å². The number of unbranched alkanes of at least 4 members (excludes halogenated alkanes) is 20. The zero-order valence-corrected chi connectivity index (χ0v) is 34.7. The first-order valence-corrected chi connectivity index (χ1v) is 25.2. The van der Waals surface area contributed by atoms with Gasteiger partial charge in [0.25, 0.3) is 0 Å². The lowest BCUT2D eigenvalue weighted by atomic mass is 10.1. The van der Waals surface area contributed by atoms with Crippen LogP contribution in [-0.2, 0) is 28.2 Å². The van der Waals surface area contributed by atoms with Crippen molar-refractivity contribution in [1.82, 2.24) is 0 Å². The second-order valence-corrected chi connectivity index (χ2v) is 19.7. The van der Waals surface area contributed by atoms with Gasteiger partial charge in [0.1, 0.15) is 6.61 Å². The summed E-state index contributed by atoms with van der Waals surface area (Å²) in [7, 11) is 0. The van der Waals surface area contributed by atoms with Gasteiger partial charge in [0.15, 0.2) is 6.10 Å². The number of halogens is 2. The van der Waals surface area contributed by atoms with Crippen molar-refractivity contribution in [1.29, 1.82) is 0 Å². The van der Waals surface area contributed by atoms with Gasteiger partial charge in [0, 0.05) is 12.8 Å². The molecule has 286 valence electrons. The highest BCUT2D eigenvalue weighted by molar-refractivity contribution is 8.05. The van der Waals surface area contributed by atoms with Crippen molar-refractivity contribution in [2.75, 3.05) is 36.2 Å². The summed E-state index contributed by atoms with van der Waals surface area (Å²) in [6, 6.07) is 0. The van der Waals surface area contributed by atoms with Crippen LogP contribution >= 0.6 is 52.1 Å². The van der Waals surface area contributed by atoms with Crippen molar-refractivity contribution < 1.29 is 28.2 Å². The van der Waals surface area contributed by atoms with E-state index in [-0.39, 0.29) is 25.6 Å². The number of thioether (sulfide) groups is 2. The molecule has 0 radical (unpaired) electrons. The molecule has 0 aliphatic heterocycles. The van der Waals surface area contributed by atoms with Gasteiger partial charge >= 0.3 is 18.0 Å². The molecule has 0 aromatic carbocycles. The first kappa shape index (κ1) is 48.4. The molecule has 6 nitrogen and oxygen atoms in total. The number of esters is 2. The number of ether oxygens (including phenoxy) is 2. The Hall–Kier alpha value is 0.410. The SMILES string of the molecule is CCCCCCCSCCCCCCCCCC(=O)OCC(COP(=O)(Cl)Cl)OC(=O)CCCCCCCCCSCCCCCCC. The zero-order chi connectivity index (χ0) is 35.4. The van der Waals surface area contributed by atoms with Crippen molar-refractivity contribution in [2.24, 2.45) is 0 Å². The number of hydrogen-bond acceptors (Lipinski definition) is 8. The Morgan fingerprint density at radius 3 is 1.27 bits per heavy atom. The van der Waals surface area contributed by atoms with Gasteiger partial charge in [-0.3, -0.25) is 14.2 Å². The second-order valence-electron chi connectivity index (χ2n) is 13.0. The fourth-order valence-electron chi connectivity index (χ4n) is 5.32. The summed E-state index contributed by atoms with van der Waals surface area (Å²) >= 11 is 15.2. The third-order valence-electron chi connectivity index (χ3n) is 8.26. The van der Waals surface area contributed by atoms with E-state index in [9.17, 15) is 14.2 Å². The van der Waals surface area contributed by atoms with Crippen LogP contribution in [0.15, 0.2) is 0 Å². The van der Waals surface area contributed by atoms with Gasteiger partial charge in [0.05, 0.1) is 6.61 Å². The van der Waals surface area contributed by atoms with E-state index >= 15 is 0 Å². The zero-order valence-electron chi connectivity index (χ0n) is 30.7. The molecule has 0 N–H and O–H groups in total. The summed E-state index contributed by atoms with van der Waals surface area (Å²) in [6.45, 7) is 4.05. The Morgan fingerprint density at radius 1 is 0.521 bits per heavy atom. The summed E-state index contributed by atoms with van der Waals surface area (Å²) in [5.41, 5.74) is 0. The Labute approximate surface area is 313 Å². The Kier molecular flexibility index (Phi) is 37.5. The Balaban J connectivity index is 3.88. The van der Waals surface area contributed by atoms with Crippen LogP contribution in [0.1, 0.15) is 181 Å². The molecule has 0 rings (SSSR count). The molecule has 0 aliphatic carbocycles. The molecule has 0 saturated carbocycles. The minimum atomic E-state index is -3.80. The first-order valence-electron chi connectivity index (χ1n) is 19.4. The monoisotopic (exact) mass is 776 g/mol. The van der Waals surface area contributed by atoms with Gasteiger partial charge in [0.2, 0.25) is 0 Å². The normalized spacial score (nSPS) is 12.3. The number of carbonyl (C=O) groups is 2. The summed E-state index contributed by atoms with van der Waals surface area (Å²) in [6.07, 6.45) is 25.1. The second kappa shape index (κ2) is 37.2. The molecule has 48 heavy (non-hydrogen) atoms. The highest BCUT2D eigenvalue weighted by atomic mass is 35.9. The minimum absolute atomic E-state index is 0.174. The van der Waals surface area contributed by atoms with Crippen LogP contribution in [0.4, 0.5) is 0 Å². The molecule has 1 atom stereocenters. The van der Waals surface area contributed by atoms with Crippen molar-refractivity contribution in [3.63, 3.8) is 0 Å². The van der Waals surface area contributed by atoms with Crippen LogP contribution in [0.2, 0.25) is 0 Å². The van der Waals surface area contributed by atoms with E-state index < -0.39 is 18.1 Å². The number of rotatable bonds is 38. The fraction of sp³-hybridized carbons (Fsp3) is 0.946. The molecule has 0 bridgehead atoms. The molecule has 0 aromatic rings. The summed E-state index contributed by atoms with van der Waals surface area (Å²) in [5.74, 6) is 4.39. The molecule has 11 heteroatoms. The van der Waals surface area contributed by atoms with Crippen LogP contribution in [0, 0.1) is 0 Å². The van der Waals surface area contributed by atoms with Gasteiger partial charge in [-0.1, -0.05) is 129 Å². The molecule has 1 unspecified atom stereocenters. The molecule has 0 saturated heterocycles. The average Bonchev–Trinajstić information content (AvgIpc) is 3.05. The van der Waals surface area contributed by atoms with Crippen LogP contribution in [0.25, 0.3) is 0 Å². The summed E-state index contributed by atoms with van der Waals surface area (Å²) in [4.78, 5) is 24.7. The standard InChI is InChI=1S/C37H71Cl2O6PS2/c1-3-5-7-17-23-29-47-31-25-19-13-9-11-15-21-27-36(40)43-33-35(34-44-46(38,39)42)45-37(41)28-22-16-12-10-14-20-26-32-48-30-24-18-8-6-4-2/h35H,3-34H2,1-2H3. The Bertz CT molecular complexity index is 774.